The third-order valence-corrected chi connectivity index (χ3v) is 12.7. The number of hydrogen-bond acceptors (Lipinski definition) is 26. The molecule has 0 aromatic heterocycles. The largest absolute Gasteiger partial charge is 1.00 e. The fourth-order valence-electron chi connectivity index (χ4n) is 4.39. The quantitative estimate of drug-likeness (QED) is 0.0121. The maximum absolute atomic E-state index is 12.7. The molecule has 0 atom stereocenters. The Kier molecular flexibility index (Phi) is 26.9. The molecule has 0 heterocycles. The molecule has 0 radical (unpaired) electrons. The molecule has 60 heavy (non-hydrogen) atoms. The van der Waals surface area contributed by atoms with E-state index in [1.807, 2.05) is 0 Å². The summed E-state index contributed by atoms with van der Waals surface area (Å²) in [5.41, 5.74) is 3.71. The molecule has 4 aromatic rings. The average molecular weight is 992 g/mol. The van der Waals surface area contributed by atoms with Gasteiger partial charge in [-0.15, -0.1) is 29.1 Å². The summed E-state index contributed by atoms with van der Waals surface area (Å²) in [6, 6.07) is 9.58. The van der Waals surface area contributed by atoms with Crippen molar-refractivity contribution in [1.29, 1.82) is 0 Å². The van der Waals surface area contributed by atoms with Crippen molar-refractivity contribution in [2.45, 2.75) is 19.6 Å². The summed E-state index contributed by atoms with van der Waals surface area (Å²) in [6.45, 7) is -0.982. The molecule has 4 rings (SSSR count). The first-order valence-electron chi connectivity index (χ1n) is 14.3. The standard InChI is InChI=1S/C26H25N5O19S6.4Na/c27-19-13-24(32)23(31-28-20-6-3-17(12-25(20)55(39,40)41)54(37,38)10-8-46-52-50-48-34)14-22(19)30-29-21-5-1-15-11-16(2-4-18(15)26(21)56(42,43)44)53(35,36)9-7-45-51-49-47-33;;;;/h1-6,11-14,32-34H,7-10,27H2,(H,39,40,41)(H,42,43,44);;;;/q;4*+1/p-4. The smallest absolute Gasteiger partial charge is 0.744 e. The minimum atomic E-state index is -5.38. The van der Waals surface area contributed by atoms with Crippen LogP contribution in [0.2, 0.25) is 0 Å². The van der Waals surface area contributed by atoms with E-state index < -0.39 is 102 Å². The van der Waals surface area contributed by atoms with Gasteiger partial charge in [0.15, 0.2) is 44.3 Å². The number of azo groups is 2. The minimum absolute atomic E-state index is 0. The van der Waals surface area contributed by atoms with Crippen LogP contribution in [0, 0.1) is 0 Å². The van der Waals surface area contributed by atoms with Crippen molar-refractivity contribution in [3.63, 3.8) is 0 Å². The van der Waals surface area contributed by atoms with Gasteiger partial charge >= 0.3 is 118 Å². The van der Waals surface area contributed by atoms with Crippen molar-refractivity contribution in [1.82, 2.24) is 0 Å². The van der Waals surface area contributed by atoms with Gasteiger partial charge in [0.05, 0.1) is 50.0 Å². The Hall–Kier alpha value is 0.0400. The zero-order valence-electron chi connectivity index (χ0n) is 31.2. The predicted octanol–water partition coefficient (Wildman–Crippen LogP) is -10.1. The van der Waals surface area contributed by atoms with Crippen LogP contribution >= 0.6 is 24.6 Å². The molecule has 0 saturated carbocycles. The first-order valence-corrected chi connectivity index (χ1v) is 21.8. The maximum Gasteiger partial charge on any atom is 1.00 e. The second-order valence-corrected chi connectivity index (χ2v) is 18.2. The Morgan fingerprint density at radius 2 is 1.08 bits per heavy atom. The SMILES string of the molecule is Nc1cc(O)c(N=Nc2ccc(S(=O)(=O)CCOSOO[O-])cc2S(=O)(=O)[O-])cc1N=Nc1ccc2cc(S(=O)(=O)CCOSOO[O-])ccc2c1S(=O)(=O)[O-].[Na+].[Na+].[Na+].[Na+]. The molecule has 304 valence electrons. The predicted molar refractivity (Wildman–Crippen MR) is 183 cm³/mol. The second-order valence-electron chi connectivity index (χ2n) is 10.3. The normalized spacial score (nSPS) is 12.1. The third kappa shape index (κ3) is 17.1. The number of benzene rings is 4. The molecule has 3 N–H and O–H groups in total. The number of rotatable bonds is 20. The number of nitrogen functional groups attached to an aromatic ring is 1. The molecule has 0 bridgehead atoms. The Balaban J connectivity index is 0.00000870. The summed E-state index contributed by atoms with van der Waals surface area (Å²) >= 11 is 0.132. The number of nitrogens with two attached hydrogens (primary N) is 1. The van der Waals surface area contributed by atoms with Crippen LogP contribution < -0.4 is 134 Å². The summed E-state index contributed by atoms with van der Waals surface area (Å²) in [7, 11) is -19.0. The van der Waals surface area contributed by atoms with Crippen molar-refractivity contribution in [2.24, 2.45) is 20.5 Å². The fourth-order valence-corrected chi connectivity index (χ4v) is 8.79. The number of anilines is 1. The molecule has 4 aromatic carbocycles. The van der Waals surface area contributed by atoms with Gasteiger partial charge in [-0.1, -0.05) is 12.1 Å². The van der Waals surface area contributed by atoms with Gasteiger partial charge in [0.25, 0.3) is 0 Å². The monoisotopic (exact) mass is 991 g/mol. The van der Waals surface area contributed by atoms with E-state index in [0.29, 0.717) is 6.07 Å². The Bertz CT molecular complexity index is 2610. The van der Waals surface area contributed by atoms with Crippen LogP contribution in [0.3, 0.4) is 0 Å². The zero-order chi connectivity index (χ0) is 41.3. The number of phenols is 1. The molecular weight excluding hydrogens is 971 g/mol. The number of fused-ring (bicyclic) bond motifs is 1. The van der Waals surface area contributed by atoms with Gasteiger partial charge in [-0.2, -0.15) is 0 Å². The van der Waals surface area contributed by atoms with E-state index in [4.69, 9.17) is 9.92 Å². The van der Waals surface area contributed by atoms with Crippen molar-refractivity contribution in [3.8, 4) is 5.75 Å². The Labute approximate surface area is 438 Å². The van der Waals surface area contributed by atoms with Gasteiger partial charge in [0.1, 0.15) is 48.7 Å². The van der Waals surface area contributed by atoms with Crippen LogP contribution in [0.5, 0.6) is 5.75 Å². The number of aromatic hydroxyl groups is 1. The molecule has 0 spiro atoms. The summed E-state index contributed by atoms with van der Waals surface area (Å²) in [5.74, 6) is -2.00. The molecule has 0 aliphatic carbocycles. The van der Waals surface area contributed by atoms with Crippen molar-refractivity contribution in [3.05, 3.63) is 60.7 Å². The van der Waals surface area contributed by atoms with E-state index in [1.54, 1.807) is 0 Å². The second kappa shape index (κ2) is 26.9. The molecule has 34 heteroatoms. The van der Waals surface area contributed by atoms with Gasteiger partial charge in [-0.05, 0) is 47.9 Å². The van der Waals surface area contributed by atoms with Crippen LogP contribution in [0.1, 0.15) is 0 Å². The molecule has 0 unspecified atom stereocenters. The van der Waals surface area contributed by atoms with E-state index in [-0.39, 0.29) is 170 Å². The maximum atomic E-state index is 12.7. The molecule has 0 aliphatic rings. The van der Waals surface area contributed by atoms with Gasteiger partial charge in [0, 0.05) is 11.5 Å². The minimum Gasteiger partial charge on any atom is -0.744 e. The van der Waals surface area contributed by atoms with E-state index in [9.17, 15) is 58.4 Å². The van der Waals surface area contributed by atoms with Gasteiger partial charge in [0.2, 0.25) is 0 Å². The summed E-state index contributed by atoms with van der Waals surface area (Å²) in [4.78, 5) is -2.91. The zero-order valence-corrected chi connectivity index (χ0v) is 44.1. The fraction of sp³-hybridized carbons (Fsp3) is 0.154. The molecule has 0 amide bonds. The molecule has 0 aliphatic heterocycles. The summed E-state index contributed by atoms with van der Waals surface area (Å²) < 4.78 is 141. The molecular formula is C26H21N5Na4O19S6. The van der Waals surface area contributed by atoms with Crippen molar-refractivity contribution in [2.75, 3.05) is 30.5 Å². The van der Waals surface area contributed by atoms with Crippen molar-refractivity contribution >= 4 is 104 Å². The van der Waals surface area contributed by atoms with Gasteiger partial charge in [-0.3, -0.25) is 18.4 Å². The topological polar surface area (TPSA) is 380 Å². The van der Waals surface area contributed by atoms with E-state index in [1.165, 1.54) is 6.07 Å². The van der Waals surface area contributed by atoms with E-state index in [2.05, 4.69) is 43.4 Å². The first-order chi connectivity index (χ1) is 26.3. The first kappa shape index (κ1) is 60.0. The van der Waals surface area contributed by atoms with Gasteiger partial charge < -0.3 is 30.5 Å². The van der Waals surface area contributed by atoms with Crippen molar-refractivity contribution < 1.29 is 204 Å². The van der Waals surface area contributed by atoms with Crippen LogP contribution in [0.4, 0.5) is 28.4 Å². The number of sulfone groups is 2. The molecule has 0 saturated heterocycles. The Morgan fingerprint density at radius 3 is 1.62 bits per heavy atom. The summed E-state index contributed by atoms with van der Waals surface area (Å²) in [5, 5.41) is 50.8. The molecule has 0 fully saturated rings. The van der Waals surface area contributed by atoms with E-state index >= 15 is 0 Å². The Morgan fingerprint density at radius 1 is 0.600 bits per heavy atom. The van der Waals surface area contributed by atoms with E-state index in [0.717, 1.165) is 48.5 Å². The van der Waals surface area contributed by atoms with Gasteiger partial charge in [-0.25, -0.2) is 33.7 Å². The number of hydrogen-bond donors (Lipinski definition) is 2. The van der Waals surface area contributed by atoms with Crippen LogP contribution in [-0.2, 0) is 67.0 Å². The molecule has 24 nitrogen and oxygen atoms in total. The summed E-state index contributed by atoms with van der Waals surface area (Å²) in [6.07, 6.45) is 0. The van der Waals surface area contributed by atoms with Crippen LogP contribution in [-0.4, -0.2) is 72.6 Å². The third-order valence-electron chi connectivity index (χ3n) is 6.82. The number of nitrogens with zero attached hydrogens (tertiary/aromatic N) is 4. The van der Waals surface area contributed by atoms with Crippen LogP contribution in [0.15, 0.2) is 101 Å². The number of phenolic OH excluding ortho intramolecular Hbond substituents is 1. The average Bonchev–Trinajstić information content (AvgIpc) is 3.12. The van der Waals surface area contributed by atoms with Crippen LogP contribution in [0.25, 0.3) is 10.8 Å².